The first-order chi connectivity index (χ1) is 12.1. The van der Waals surface area contributed by atoms with Crippen molar-refractivity contribution >= 4 is 11.6 Å². The second-order valence-electron chi connectivity index (χ2n) is 7.71. The van der Waals surface area contributed by atoms with E-state index in [4.69, 9.17) is 0 Å². The molecule has 2 aromatic carbocycles. The molecule has 1 aliphatic heterocycles. The number of rotatable bonds is 4. The molecule has 0 spiro atoms. The van der Waals surface area contributed by atoms with Crippen LogP contribution in [0.15, 0.2) is 48.5 Å². The summed E-state index contributed by atoms with van der Waals surface area (Å²) in [4.78, 5) is 15.3. The summed E-state index contributed by atoms with van der Waals surface area (Å²) < 4.78 is 0. The standard InChI is InChI=1S/C22H26N2O/c1-16-12-17(2)14-18(13-16)22(9-10-22)21(25)24-11-8-20(15-24)23-19-6-4-3-5-7-19/h3-7,12-14,20,23H,8-11,15H2,1-2H3. The molecule has 1 saturated heterocycles. The molecular formula is C22H26N2O. The minimum Gasteiger partial charge on any atom is -0.380 e. The Balaban J connectivity index is 1.46. The van der Waals surface area contributed by atoms with E-state index in [0.717, 1.165) is 38.0 Å². The predicted molar refractivity (Wildman–Crippen MR) is 102 cm³/mol. The Morgan fingerprint density at radius 3 is 2.40 bits per heavy atom. The topological polar surface area (TPSA) is 32.3 Å². The Morgan fingerprint density at radius 2 is 1.76 bits per heavy atom. The van der Waals surface area contributed by atoms with Gasteiger partial charge in [0.2, 0.25) is 5.91 Å². The minimum atomic E-state index is -0.252. The molecule has 1 saturated carbocycles. The fourth-order valence-corrected chi connectivity index (χ4v) is 4.14. The molecule has 4 rings (SSSR count). The van der Waals surface area contributed by atoms with E-state index in [9.17, 15) is 4.79 Å². The maximum atomic E-state index is 13.2. The van der Waals surface area contributed by atoms with E-state index < -0.39 is 0 Å². The first kappa shape index (κ1) is 16.2. The van der Waals surface area contributed by atoms with Gasteiger partial charge in [0.25, 0.3) is 0 Å². The minimum absolute atomic E-state index is 0.252. The van der Waals surface area contributed by atoms with Crippen LogP contribution in [0, 0.1) is 13.8 Å². The summed E-state index contributed by atoms with van der Waals surface area (Å²) >= 11 is 0. The molecule has 1 unspecified atom stereocenters. The highest BCUT2D eigenvalue weighted by Gasteiger charge is 2.53. The maximum Gasteiger partial charge on any atom is 0.233 e. The average Bonchev–Trinajstić information content (AvgIpc) is 3.28. The number of nitrogens with one attached hydrogen (secondary N) is 1. The van der Waals surface area contributed by atoms with Crippen LogP contribution in [0.2, 0.25) is 0 Å². The van der Waals surface area contributed by atoms with Gasteiger partial charge in [0.1, 0.15) is 0 Å². The van der Waals surface area contributed by atoms with E-state index >= 15 is 0 Å². The number of likely N-dealkylation sites (tertiary alicyclic amines) is 1. The van der Waals surface area contributed by atoms with Crippen molar-refractivity contribution in [2.24, 2.45) is 0 Å². The number of hydrogen-bond acceptors (Lipinski definition) is 2. The molecule has 2 aromatic rings. The van der Waals surface area contributed by atoms with Gasteiger partial charge < -0.3 is 10.2 Å². The third-order valence-corrected chi connectivity index (χ3v) is 5.55. The Kier molecular flexibility index (Phi) is 4.03. The molecule has 0 radical (unpaired) electrons. The number of benzene rings is 2. The summed E-state index contributed by atoms with van der Waals surface area (Å²) in [7, 11) is 0. The average molecular weight is 334 g/mol. The lowest BCUT2D eigenvalue weighted by molar-refractivity contribution is -0.132. The van der Waals surface area contributed by atoms with Crippen LogP contribution < -0.4 is 5.32 Å². The summed E-state index contributed by atoms with van der Waals surface area (Å²) in [6.07, 6.45) is 2.99. The Bertz CT molecular complexity index is 760. The third kappa shape index (κ3) is 3.15. The molecule has 0 aromatic heterocycles. The molecule has 1 aliphatic carbocycles. The molecule has 1 amide bonds. The number of carbonyl (C=O) groups excluding carboxylic acids is 1. The van der Waals surface area contributed by atoms with Gasteiger partial charge in [-0.25, -0.2) is 0 Å². The zero-order valence-electron chi connectivity index (χ0n) is 15.1. The summed E-state index contributed by atoms with van der Waals surface area (Å²) in [6.45, 7) is 5.90. The largest absolute Gasteiger partial charge is 0.380 e. The van der Waals surface area contributed by atoms with Gasteiger partial charge in [-0.1, -0.05) is 47.5 Å². The summed E-state index contributed by atoms with van der Waals surface area (Å²) in [5.41, 5.74) is 4.60. The fraction of sp³-hybridized carbons (Fsp3) is 0.409. The van der Waals surface area contributed by atoms with E-state index in [2.05, 4.69) is 54.4 Å². The fourth-order valence-electron chi connectivity index (χ4n) is 4.14. The van der Waals surface area contributed by atoms with Crippen molar-refractivity contribution in [2.45, 2.75) is 44.6 Å². The molecule has 1 atom stereocenters. The summed E-state index contributed by atoms with van der Waals surface area (Å²) in [5.74, 6) is 0.329. The lowest BCUT2D eigenvalue weighted by Crippen LogP contribution is -2.39. The van der Waals surface area contributed by atoms with Gasteiger partial charge in [-0.3, -0.25) is 4.79 Å². The van der Waals surface area contributed by atoms with Crippen LogP contribution in [0.5, 0.6) is 0 Å². The highest BCUT2D eigenvalue weighted by molar-refractivity contribution is 5.91. The molecule has 1 N–H and O–H groups in total. The van der Waals surface area contributed by atoms with Crippen LogP contribution in [0.25, 0.3) is 0 Å². The van der Waals surface area contributed by atoms with Crippen molar-refractivity contribution in [1.29, 1.82) is 0 Å². The van der Waals surface area contributed by atoms with Crippen LogP contribution in [-0.2, 0) is 10.2 Å². The zero-order chi connectivity index (χ0) is 17.4. The highest BCUT2D eigenvalue weighted by atomic mass is 16.2. The Hall–Kier alpha value is -2.29. The smallest absolute Gasteiger partial charge is 0.233 e. The molecule has 3 heteroatoms. The number of carbonyl (C=O) groups is 1. The lowest BCUT2D eigenvalue weighted by Gasteiger charge is -2.24. The van der Waals surface area contributed by atoms with Crippen molar-refractivity contribution < 1.29 is 4.79 Å². The normalized spacial score (nSPS) is 21.2. The quantitative estimate of drug-likeness (QED) is 0.915. The molecule has 25 heavy (non-hydrogen) atoms. The van der Waals surface area contributed by atoms with Crippen molar-refractivity contribution in [3.05, 3.63) is 65.2 Å². The van der Waals surface area contributed by atoms with Gasteiger partial charge in [0.15, 0.2) is 0 Å². The third-order valence-electron chi connectivity index (χ3n) is 5.55. The lowest BCUT2D eigenvalue weighted by atomic mass is 9.91. The molecule has 2 fully saturated rings. The van der Waals surface area contributed by atoms with Crippen molar-refractivity contribution in [3.8, 4) is 0 Å². The van der Waals surface area contributed by atoms with E-state index in [1.54, 1.807) is 0 Å². The highest BCUT2D eigenvalue weighted by Crippen LogP contribution is 2.50. The van der Waals surface area contributed by atoms with Crippen LogP contribution in [0.3, 0.4) is 0 Å². The van der Waals surface area contributed by atoms with Crippen LogP contribution in [0.4, 0.5) is 5.69 Å². The second-order valence-corrected chi connectivity index (χ2v) is 7.71. The number of hydrogen-bond donors (Lipinski definition) is 1. The maximum absolute atomic E-state index is 13.2. The van der Waals surface area contributed by atoms with Gasteiger partial charge in [-0.15, -0.1) is 0 Å². The Labute approximate surface area is 150 Å². The molecular weight excluding hydrogens is 308 g/mol. The molecule has 3 nitrogen and oxygen atoms in total. The zero-order valence-corrected chi connectivity index (χ0v) is 15.1. The number of aryl methyl sites for hydroxylation is 2. The molecule has 1 heterocycles. The van der Waals surface area contributed by atoms with Crippen LogP contribution in [-0.4, -0.2) is 29.9 Å². The number of nitrogens with zero attached hydrogens (tertiary/aromatic N) is 1. The van der Waals surface area contributed by atoms with E-state index in [0.29, 0.717) is 11.9 Å². The first-order valence-corrected chi connectivity index (χ1v) is 9.27. The van der Waals surface area contributed by atoms with Gasteiger partial charge in [-0.2, -0.15) is 0 Å². The van der Waals surface area contributed by atoms with Crippen LogP contribution in [0.1, 0.15) is 36.0 Å². The monoisotopic (exact) mass is 334 g/mol. The van der Waals surface area contributed by atoms with Crippen molar-refractivity contribution in [1.82, 2.24) is 4.90 Å². The van der Waals surface area contributed by atoms with Gasteiger partial charge in [0, 0.05) is 24.8 Å². The van der Waals surface area contributed by atoms with Crippen molar-refractivity contribution in [3.63, 3.8) is 0 Å². The number of amides is 1. The molecule has 130 valence electrons. The van der Waals surface area contributed by atoms with E-state index in [-0.39, 0.29) is 5.41 Å². The first-order valence-electron chi connectivity index (χ1n) is 9.27. The number of para-hydroxylation sites is 1. The van der Waals surface area contributed by atoms with Gasteiger partial charge in [-0.05, 0) is 50.8 Å². The SMILES string of the molecule is Cc1cc(C)cc(C2(C(=O)N3CCC(Nc4ccccc4)C3)CC2)c1. The number of anilines is 1. The predicted octanol–water partition coefficient (Wildman–Crippen LogP) is 4.05. The molecule has 0 bridgehead atoms. The second kappa shape index (κ2) is 6.21. The van der Waals surface area contributed by atoms with Crippen molar-refractivity contribution in [2.75, 3.05) is 18.4 Å². The van der Waals surface area contributed by atoms with E-state index in [1.165, 1.54) is 16.7 Å². The van der Waals surface area contributed by atoms with Gasteiger partial charge in [0.05, 0.1) is 5.41 Å². The van der Waals surface area contributed by atoms with Crippen LogP contribution >= 0.6 is 0 Å². The van der Waals surface area contributed by atoms with E-state index in [1.807, 2.05) is 18.2 Å². The summed E-state index contributed by atoms with van der Waals surface area (Å²) in [6, 6.07) is 17.2. The molecule has 2 aliphatic rings. The Morgan fingerprint density at radius 1 is 1.08 bits per heavy atom. The van der Waals surface area contributed by atoms with Gasteiger partial charge >= 0.3 is 0 Å². The summed E-state index contributed by atoms with van der Waals surface area (Å²) in [5, 5.41) is 3.56.